The second-order valence-corrected chi connectivity index (χ2v) is 8.51. The van der Waals surface area contributed by atoms with E-state index in [1.165, 1.54) is 48.2 Å². The first-order valence-electron chi connectivity index (χ1n) is 10.4. The van der Waals surface area contributed by atoms with Gasteiger partial charge in [-0.3, -0.25) is 14.7 Å². The van der Waals surface area contributed by atoms with Crippen LogP contribution in [0.25, 0.3) is 0 Å². The van der Waals surface area contributed by atoms with Crippen LogP contribution in [0, 0.1) is 19.8 Å². The van der Waals surface area contributed by atoms with Crippen LogP contribution in [0.5, 0.6) is 0 Å². The molecule has 0 bridgehead atoms. The third-order valence-electron chi connectivity index (χ3n) is 6.34. The van der Waals surface area contributed by atoms with Crippen LogP contribution in [0.3, 0.4) is 0 Å². The zero-order valence-electron chi connectivity index (χ0n) is 17.0. The molecule has 2 aliphatic rings. The largest absolute Gasteiger partial charge is 0.395 e. The average molecular weight is 360 g/mol. The number of aliphatic hydroxyl groups is 1. The van der Waals surface area contributed by atoms with Gasteiger partial charge < -0.3 is 5.11 Å². The van der Waals surface area contributed by atoms with Gasteiger partial charge in [0.25, 0.3) is 0 Å². The molecule has 0 atom stereocenters. The highest BCUT2D eigenvalue weighted by Gasteiger charge is 2.19. The summed E-state index contributed by atoms with van der Waals surface area (Å²) < 4.78 is 0. The molecule has 0 saturated carbocycles. The highest BCUT2D eigenvalue weighted by Crippen LogP contribution is 2.23. The van der Waals surface area contributed by atoms with E-state index >= 15 is 0 Å². The number of aliphatic hydroxyl groups excluding tert-OH is 1. The zero-order chi connectivity index (χ0) is 18.5. The Morgan fingerprint density at radius 2 is 1.31 bits per heavy atom. The van der Waals surface area contributed by atoms with Gasteiger partial charge in [-0.15, -0.1) is 0 Å². The normalized spacial score (nSPS) is 21.4. The minimum Gasteiger partial charge on any atom is -0.395 e. The van der Waals surface area contributed by atoms with Crippen LogP contribution in [-0.4, -0.2) is 72.2 Å². The molecule has 0 spiro atoms. The van der Waals surface area contributed by atoms with Crippen molar-refractivity contribution in [3.8, 4) is 0 Å². The Morgan fingerprint density at radius 3 is 1.85 bits per heavy atom. The molecule has 2 aliphatic heterocycles. The monoisotopic (exact) mass is 359 g/mol. The first-order valence-corrected chi connectivity index (χ1v) is 10.4. The number of piperidine rings is 1. The van der Waals surface area contributed by atoms with Gasteiger partial charge in [0.1, 0.15) is 0 Å². The molecule has 146 valence electrons. The highest BCUT2D eigenvalue weighted by molar-refractivity contribution is 5.37. The number of hydrogen-bond donors (Lipinski definition) is 1. The number of rotatable bonds is 6. The van der Waals surface area contributed by atoms with Gasteiger partial charge in [0.15, 0.2) is 0 Å². The van der Waals surface area contributed by atoms with Gasteiger partial charge in [-0.25, -0.2) is 0 Å². The first kappa shape index (κ1) is 19.8. The maximum Gasteiger partial charge on any atom is 0.0558 e. The van der Waals surface area contributed by atoms with Gasteiger partial charge in [0.2, 0.25) is 0 Å². The third kappa shape index (κ3) is 5.29. The van der Waals surface area contributed by atoms with Crippen molar-refractivity contribution in [1.82, 2.24) is 14.7 Å². The molecule has 0 aliphatic carbocycles. The standard InChI is InChI=1S/C22H37N3O/c1-18-4-6-24(7-5-18)16-21-15-22(20(3)14-19(21)2)17-25-10-8-23(9-11-25)12-13-26/h14-15,18,26H,4-13,16-17H2,1-3H3. The van der Waals surface area contributed by atoms with E-state index in [1.54, 1.807) is 0 Å². The fraction of sp³-hybridized carbons (Fsp3) is 0.727. The lowest BCUT2D eigenvalue weighted by Gasteiger charge is -2.35. The van der Waals surface area contributed by atoms with E-state index in [9.17, 15) is 0 Å². The van der Waals surface area contributed by atoms with Crippen LogP contribution in [0.2, 0.25) is 0 Å². The highest BCUT2D eigenvalue weighted by atomic mass is 16.3. The number of benzene rings is 1. The molecule has 0 radical (unpaired) electrons. The van der Waals surface area contributed by atoms with Crippen LogP contribution in [0.1, 0.15) is 42.0 Å². The quantitative estimate of drug-likeness (QED) is 0.846. The number of likely N-dealkylation sites (tertiary alicyclic amines) is 1. The Morgan fingerprint density at radius 1 is 0.808 bits per heavy atom. The van der Waals surface area contributed by atoms with Crippen LogP contribution in [0.4, 0.5) is 0 Å². The van der Waals surface area contributed by atoms with E-state index in [4.69, 9.17) is 5.11 Å². The summed E-state index contributed by atoms with van der Waals surface area (Å²) in [7, 11) is 0. The first-order chi connectivity index (χ1) is 12.5. The fourth-order valence-corrected chi connectivity index (χ4v) is 4.30. The predicted molar refractivity (Wildman–Crippen MR) is 108 cm³/mol. The van der Waals surface area contributed by atoms with E-state index in [-0.39, 0.29) is 6.61 Å². The maximum atomic E-state index is 9.10. The smallest absolute Gasteiger partial charge is 0.0558 e. The molecular formula is C22H37N3O. The molecule has 26 heavy (non-hydrogen) atoms. The third-order valence-corrected chi connectivity index (χ3v) is 6.34. The summed E-state index contributed by atoms with van der Waals surface area (Å²) >= 11 is 0. The Labute approximate surface area is 159 Å². The molecule has 2 fully saturated rings. The Bertz CT molecular complexity index is 573. The summed E-state index contributed by atoms with van der Waals surface area (Å²) in [4.78, 5) is 7.56. The van der Waals surface area contributed by atoms with E-state index in [0.29, 0.717) is 0 Å². The molecule has 2 saturated heterocycles. The summed E-state index contributed by atoms with van der Waals surface area (Å²) in [6.07, 6.45) is 2.69. The molecule has 1 aromatic carbocycles. The molecule has 4 nitrogen and oxygen atoms in total. The summed E-state index contributed by atoms with van der Waals surface area (Å²) in [5.41, 5.74) is 5.87. The van der Waals surface area contributed by atoms with E-state index < -0.39 is 0 Å². The van der Waals surface area contributed by atoms with Gasteiger partial charge in [-0.2, -0.15) is 0 Å². The van der Waals surface area contributed by atoms with Crippen molar-refractivity contribution in [1.29, 1.82) is 0 Å². The maximum absolute atomic E-state index is 9.10. The molecule has 3 rings (SSSR count). The van der Waals surface area contributed by atoms with E-state index in [0.717, 1.165) is 51.7 Å². The second kappa shape index (κ2) is 9.32. The molecule has 1 aromatic rings. The van der Waals surface area contributed by atoms with Gasteiger partial charge in [0, 0.05) is 45.8 Å². The molecule has 4 heteroatoms. The minimum atomic E-state index is 0.274. The number of nitrogens with zero attached hydrogens (tertiary/aromatic N) is 3. The second-order valence-electron chi connectivity index (χ2n) is 8.51. The molecule has 0 aromatic heterocycles. The fourth-order valence-electron chi connectivity index (χ4n) is 4.30. The van der Waals surface area contributed by atoms with Crippen molar-refractivity contribution in [3.63, 3.8) is 0 Å². The lowest BCUT2D eigenvalue weighted by molar-refractivity contribution is 0.108. The molecule has 0 amide bonds. The summed E-state index contributed by atoms with van der Waals surface area (Å²) in [5, 5.41) is 9.10. The Hall–Kier alpha value is -0.940. The topological polar surface area (TPSA) is 30.0 Å². The Kier molecular flexibility index (Phi) is 7.10. The molecular weight excluding hydrogens is 322 g/mol. The van der Waals surface area contributed by atoms with Crippen LogP contribution in [-0.2, 0) is 13.1 Å². The predicted octanol–water partition coefficient (Wildman–Crippen LogP) is 2.65. The number of β-amino-alcohol motifs (C(OH)–C–C–N with tert-alkyl or cyclic N) is 1. The van der Waals surface area contributed by atoms with Crippen LogP contribution < -0.4 is 0 Å². The van der Waals surface area contributed by atoms with Crippen molar-refractivity contribution >= 4 is 0 Å². The van der Waals surface area contributed by atoms with Crippen molar-refractivity contribution in [2.24, 2.45) is 5.92 Å². The van der Waals surface area contributed by atoms with Gasteiger partial charge in [0.05, 0.1) is 6.61 Å². The van der Waals surface area contributed by atoms with Gasteiger partial charge in [-0.05, 0) is 68.0 Å². The van der Waals surface area contributed by atoms with Crippen molar-refractivity contribution < 1.29 is 5.11 Å². The average Bonchev–Trinajstić information content (AvgIpc) is 2.63. The van der Waals surface area contributed by atoms with Crippen molar-refractivity contribution in [2.75, 3.05) is 52.4 Å². The van der Waals surface area contributed by atoms with Crippen LogP contribution >= 0.6 is 0 Å². The molecule has 1 N–H and O–H groups in total. The molecule has 0 unspecified atom stereocenters. The number of piperazine rings is 1. The Balaban J connectivity index is 1.61. The summed E-state index contributed by atoms with van der Waals surface area (Å²) in [5.74, 6) is 0.894. The zero-order valence-corrected chi connectivity index (χ0v) is 17.0. The molecule has 2 heterocycles. The van der Waals surface area contributed by atoms with Crippen molar-refractivity contribution in [3.05, 3.63) is 34.4 Å². The minimum absolute atomic E-state index is 0.274. The lowest BCUT2D eigenvalue weighted by Crippen LogP contribution is -2.46. The lowest BCUT2D eigenvalue weighted by atomic mass is 9.96. The number of hydrogen-bond acceptors (Lipinski definition) is 4. The number of aryl methyl sites for hydroxylation is 2. The van der Waals surface area contributed by atoms with Gasteiger partial charge in [-0.1, -0.05) is 19.1 Å². The SMILES string of the molecule is Cc1cc(C)c(CN2CCN(CCO)CC2)cc1CN1CCC(C)CC1. The van der Waals surface area contributed by atoms with Gasteiger partial charge >= 0.3 is 0 Å². The van der Waals surface area contributed by atoms with E-state index in [1.807, 2.05) is 0 Å². The van der Waals surface area contributed by atoms with E-state index in [2.05, 4.69) is 47.6 Å². The van der Waals surface area contributed by atoms with Crippen molar-refractivity contribution in [2.45, 2.75) is 46.7 Å². The summed E-state index contributed by atoms with van der Waals surface area (Å²) in [6, 6.07) is 4.86. The summed E-state index contributed by atoms with van der Waals surface area (Å²) in [6.45, 7) is 17.0. The van der Waals surface area contributed by atoms with Crippen LogP contribution in [0.15, 0.2) is 12.1 Å².